The summed E-state index contributed by atoms with van der Waals surface area (Å²) in [5.74, 6) is -0.362. The third-order valence-electron chi connectivity index (χ3n) is 2.86. The van der Waals surface area contributed by atoms with E-state index in [1.165, 1.54) is 0 Å². The Morgan fingerprint density at radius 1 is 1.61 bits per heavy atom. The van der Waals surface area contributed by atoms with Gasteiger partial charge in [0.1, 0.15) is 12.7 Å². The van der Waals surface area contributed by atoms with Gasteiger partial charge in [0.25, 0.3) is 0 Å². The van der Waals surface area contributed by atoms with E-state index in [4.69, 9.17) is 15.2 Å². The van der Waals surface area contributed by atoms with Crippen LogP contribution in [0.25, 0.3) is 0 Å². The SMILES string of the molecule is CN1CCOC(COC(=O)c2cccc(N)c2)C1. The second kappa shape index (κ2) is 5.84. The number of ether oxygens (including phenoxy) is 2. The van der Waals surface area contributed by atoms with Crippen molar-refractivity contribution in [1.82, 2.24) is 4.90 Å². The number of carbonyl (C=O) groups is 1. The van der Waals surface area contributed by atoms with Crippen LogP contribution in [0.2, 0.25) is 0 Å². The lowest BCUT2D eigenvalue weighted by Crippen LogP contribution is -2.42. The van der Waals surface area contributed by atoms with E-state index in [1.807, 2.05) is 7.05 Å². The van der Waals surface area contributed by atoms with Crippen molar-refractivity contribution >= 4 is 11.7 Å². The standard InChI is InChI=1S/C13H18N2O3/c1-15-5-6-17-12(8-15)9-18-13(16)10-3-2-4-11(14)7-10/h2-4,7,12H,5-6,8-9,14H2,1H3. The molecule has 5 nitrogen and oxygen atoms in total. The Balaban J connectivity index is 1.84. The molecule has 0 radical (unpaired) electrons. The molecular formula is C13H18N2O3. The zero-order valence-corrected chi connectivity index (χ0v) is 10.5. The number of hydrogen-bond acceptors (Lipinski definition) is 5. The number of likely N-dealkylation sites (N-methyl/N-ethyl adjacent to an activating group) is 1. The van der Waals surface area contributed by atoms with Crippen molar-refractivity contribution in [2.75, 3.05) is 39.1 Å². The maximum atomic E-state index is 11.8. The Morgan fingerprint density at radius 3 is 3.17 bits per heavy atom. The maximum Gasteiger partial charge on any atom is 0.338 e. The van der Waals surface area contributed by atoms with Crippen LogP contribution in [-0.2, 0) is 9.47 Å². The van der Waals surface area contributed by atoms with Crippen LogP contribution in [0.5, 0.6) is 0 Å². The van der Waals surface area contributed by atoms with E-state index in [1.54, 1.807) is 24.3 Å². The van der Waals surface area contributed by atoms with Gasteiger partial charge in [0.2, 0.25) is 0 Å². The molecule has 0 spiro atoms. The molecular weight excluding hydrogens is 232 g/mol. The van der Waals surface area contributed by atoms with Crippen molar-refractivity contribution in [3.8, 4) is 0 Å². The first kappa shape index (κ1) is 12.9. The molecule has 0 aliphatic carbocycles. The van der Waals surface area contributed by atoms with Crippen molar-refractivity contribution in [2.45, 2.75) is 6.10 Å². The fourth-order valence-corrected chi connectivity index (χ4v) is 1.89. The molecule has 1 aliphatic heterocycles. The molecule has 5 heteroatoms. The minimum Gasteiger partial charge on any atom is -0.459 e. The molecule has 1 aromatic rings. The highest BCUT2D eigenvalue weighted by atomic mass is 16.6. The lowest BCUT2D eigenvalue weighted by molar-refractivity contribution is -0.0528. The zero-order chi connectivity index (χ0) is 13.0. The molecule has 2 rings (SSSR count). The molecule has 0 amide bonds. The first-order valence-corrected chi connectivity index (χ1v) is 5.98. The first-order chi connectivity index (χ1) is 8.65. The second-order valence-corrected chi connectivity index (χ2v) is 4.48. The van der Waals surface area contributed by atoms with E-state index >= 15 is 0 Å². The van der Waals surface area contributed by atoms with Crippen molar-refractivity contribution in [3.63, 3.8) is 0 Å². The minimum absolute atomic E-state index is 0.0474. The molecule has 18 heavy (non-hydrogen) atoms. The van der Waals surface area contributed by atoms with Crippen molar-refractivity contribution < 1.29 is 14.3 Å². The molecule has 2 N–H and O–H groups in total. The van der Waals surface area contributed by atoms with Crippen molar-refractivity contribution in [2.24, 2.45) is 0 Å². The van der Waals surface area contributed by atoms with Gasteiger partial charge in [0.05, 0.1) is 12.2 Å². The van der Waals surface area contributed by atoms with Gasteiger partial charge >= 0.3 is 5.97 Å². The van der Waals surface area contributed by atoms with Crippen LogP contribution in [-0.4, -0.2) is 50.3 Å². The van der Waals surface area contributed by atoms with Crippen molar-refractivity contribution in [1.29, 1.82) is 0 Å². The topological polar surface area (TPSA) is 64.8 Å². The van der Waals surface area contributed by atoms with Gasteiger partial charge in [-0.1, -0.05) is 6.07 Å². The smallest absolute Gasteiger partial charge is 0.338 e. The summed E-state index contributed by atoms with van der Waals surface area (Å²) in [5.41, 5.74) is 6.64. The Bertz CT molecular complexity index is 422. The van der Waals surface area contributed by atoms with Gasteiger partial charge in [-0.3, -0.25) is 0 Å². The van der Waals surface area contributed by atoms with E-state index in [0.717, 1.165) is 13.1 Å². The van der Waals surface area contributed by atoms with E-state index in [-0.39, 0.29) is 18.7 Å². The third-order valence-corrected chi connectivity index (χ3v) is 2.86. The number of esters is 1. The zero-order valence-electron chi connectivity index (χ0n) is 10.5. The number of hydrogen-bond donors (Lipinski definition) is 1. The lowest BCUT2D eigenvalue weighted by Gasteiger charge is -2.29. The average Bonchev–Trinajstić information content (AvgIpc) is 2.36. The molecule has 98 valence electrons. The Kier molecular flexibility index (Phi) is 4.17. The Morgan fingerprint density at radius 2 is 2.44 bits per heavy atom. The second-order valence-electron chi connectivity index (χ2n) is 4.48. The summed E-state index contributed by atoms with van der Waals surface area (Å²) in [6.07, 6.45) is -0.0474. The Labute approximate surface area is 106 Å². The lowest BCUT2D eigenvalue weighted by atomic mass is 10.2. The van der Waals surface area contributed by atoms with Crippen LogP contribution in [0.1, 0.15) is 10.4 Å². The highest BCUT2D eigenvalue weighted by molar-refractivity contribution is 5.90. The van der Waals surface area contributed by atoms with Crippen LogP contribution in [0, 0.1) is 0 Å². The number of anilines is 1. The highest BCUT2D eigenvalue weighted by Crippen LogP contribution is 2.09. The first-order valence-electron chi connectivity index (χ1n) is 5.98. The average molecular weight is 250 g/mol. The third kappa shape index (κ3) is 3.45. The maximum absolute atomic E-state index is 11.8. The fraction of sp³-hybridized carbons (Fsp3) is 0.462. The van der Waals surface area contributed by atoms with Crippen molar-refractivity contribution in [3.05, 3.63) is 29.8 Å². The predicted octanol–water partition coefficient (Wildman–Crippen LogP) is 0.756. The number of nitrogen functional groups attached to an aromatic ring is 1. The van der Waals surface area contributed by atoms with Gasteiger partial charge in [-0.2, -0.15) is 0 Å². The summed E-state index contributed by atoms with van der Waals surface area (Å²) in [6.45, 7) is 2.65. The number of nitrogens with zero attached hydrogens (tertiary/aromatic N) is 1. The molecule has 1 fully saturated rings. The van der Waals surface area contributed by atoms with Gasteiger partial charge in [0.15, 0.2) is 0 Å². The summed E-state index contributed by atoms with van der Waals surface area (Å²) >= 11 is 0. The summed E-state index contributed by atoms with van der Waals surface area (Å²) < 4.78 is 10.7. The number of carbonyl (C=O) groups excluding carboxylic acids is 1. The highest BCUT2D eigenvalue weighted by Gasteiger charge is 2.19. The van der Waals surface area contributed by atoms with Gasteiger partial charge in [-0.25, -0.2) is 4.79 Å². The predicted molar refractivity (Wildman–Crippen MR) is 68.4 cm³/mol. The molecule has 1 heterocycles. The van der Waals surface area contributed by atoms with Crippen LogP contribution >= 0.6 is 0 Å². The molecule has 1 atom stereocenters. The monoisotopic (exact) mass is 250 g/mol. The normalized spacial score (nSPS) is 20.6. The van der Waals surface area contributed by atoms with Gasteiger partial charge < -0.3 is 20.1 Å². The number of rotatable bonds is 3. The van der Waals surface area contributed by atoms with Crippen LogP contribution in [0.3, 0.4) is 0 Å². The van der Waals surface area contributed by atoms with E-state index < -0.39 is 0 Å². The van der Waals surface area contributed by atoms with E-state index in [2.05, 4.69) is 4.90 Å². The number of benzene rings is 1. The molecule has 0 saturated carbocycles. The summed E-state index contributed by atoms with van der Waals surface area (Å²) in [4.78, 5) is 13.9. The van der Waals surface area contributed by atoms with E-state index in [0.29, 0.717) is 17.9 Å². The van der Waals surface area contributed by atoms with Gasteiger partial charge in [-0.05, 0) is 25.2 Å². The largest absolute Gasteiger partial charge is 0.459 e. The molecule has 1 unspecified atom stereocenters. The molecule has 1 aromatic carbocycles. The number of nitrogens with two attached hydrogens (primary N) is 1. The number of morpholine rings is 1. The van der Waals surface area contributed by atoms with Crippen LogP contribution < -0.4 is 5.73 Å². The van der Waals surface area contributed by atoms with Gasteiger partial charge in [0, 0.05) is 18.8 Å². The molecule has 1 aliphatic rings. The summed E-state index contributed by atoms with van der Waals surface area (Å²) in [5, 5.41) is 0. The molecule has 1 saturated heterocycles. The molecule has 0 aromatic heterocycles. The Hall–Kier alpha value is -1.59. The fourth-order valence-electron chi connectivity index (χ4n) is 1.89. The van der Waals surface area contributed by atoms with E-state index in [9.17, 15) is 4.79 Å². The summed E-state index contributed by atoms with van der Waals surface area (Å²) in [7, 11) is 2.02. The minimum atomic E-state index is -0.362. The van der Waals surface area contributed by atoms with Gasteiger partial charge in [-0.15, -0.1) is 0 Å². The molecule has 0 bridgehead atoms. The quantitative estimate of drug-likeness (QED) is 0.633. The van der Waals surface area contributed by atoms with Crippen LogP contribution in [0.15, 0.2) is 24.3 Å². The van der Waals surface area contributed by atoms with Crippen LogP contribution in [0.4, 0.5) is 5.69 Å². The summed E-state index contributed by atoms with van der Waals surface area (Å²) in [6, 6.07) is 6.76.